The lowest BCUT2D eigenvalue weighted by Crippen LogP contribution is -2.41. The van der Waals surface area contributed by atoms with E-state index in [1.54, 1.807) is 6.07 Å². The van der Waals surface area contributed by atoms with E-state index in [1.165, 1.54) is 0 Å². The van der Waals surface area contributed by atoms with Crippen LogP contribution in [-0.4, -0.2) is 18.3 Å². The molecule has 1 atom stereocenters. The van der Waals surface area contributed by atoms with Gasteiger partial charge in [-0.1, -0.05) is 46.9 Å². The van der Waals surface area contributed by atoms with Gasteiger partial charge in [0.15, 0.2) is 0 Å². The third kappa shape index (κ3) is 4.25. The van der Waals surface area contributed by atoms with Crippen LogP contribution < -0.4 is 10.8 Å². The second kappa shape index (κ2) is 7.49. The van der Waals surface area contributed by atoms with Crippen molar-refractivity contribution in [1.82, 2.24) is 0 Å². The lowest BCUT2D eigenvalue weighted by atomic mass is 9.79. The molecule has 0 amide bonds. The Morgan fingerprint density at radius 1 is 0.889 bits per heavy atom. The zero-order valence-corrected chi connectivity index (χ0v) is 18.3. The molecule has 0 radical (unpaired) electrons. The zero-order valence-electron chi connectivity index (χ0n) is 16.1. The minimum Gasteiger partial charge on any atom is -0.399 e. The second-order valence-electron chi connectivity index (χ2n) is 7.86. The number of hydrogen-bond acceptors (Lipinski definition) is 3. The van der Waals surface area contributed by atoms with Gasteiger partial charge in [-0.25, -0.2) is 0 Å². The number of anilines is 1. The summed E-state index contributed by atoms with van der Waals surface area (Å²) in [4.78, 5) is 0. The van der Waals surface area contributed by atoms with Crippen LogP contribution in [0.3, 0.4) is 0 Å². The molecule has 1 N–H and O–H groups in total. The first kappa shape index (κ1) is 20.8. The van der Waals surface area contributed by atoms with Crippen molar-refractivity contribution in [2.24, 2.45) is 0 Å². The maximum atomic E-state index is 6.41. The predicted molar refractivity (Wildman–Crippen MR) is 116 cm³/mol. The Bertz CT molecular complexity index is 841. The normalized spacial score (nSPS) is 19.2. The molecule has 1 aliphatic rings. The summed E-state index contributed by atoms with van der Waals surface area (Å²) in [7, 11) is -0.442. The molecule has 3 nitrogen and oxygen atoms in total. The average molecular weight is 427 g/mol. The first-order chi connectivity index (χ1) is 12.5. The maximum Gasteiger partial charge on any atom is 0.494 e. The fourth-order valence-electron chi connectivity index (χ4n) is 2.94. The summed E-state index contributed by atoms with van der Waals surface area (Å²) in [5.74, 6) is 0. The van der Waals surface area contributed by atoms with Gasteiger partial charge in [0.1, 0.15) is 0 Å². The lowest BCUT2D eigenvalue weighted by Gasteiger charge is -2.32. The molecule has 1 aliphatic heterocycles. The third-order valence-corrected chi connectivity index (χ3v) is 6.21. The first-order valence-corrected chi connectivity index (χ1v) is 10.00. The van der Waals surface area contributed by atoms with Crippen molar-refractivity contribution in [3.63, 3.8) is 0 Å². The van der Waals surface area contributed by atoms with Crippen molar-refractivity contribution in [2.75, 3.05) is 5.32 Å². The molecule has 0 spiro atoms. The van der Waals surface area contributed by atoms with Crippen LogP contribution in [0.1, 0.15) is 46.2 Å². The second-order valence-corrected chi connectivity index (χ2v) is 9.11. The Morgan fingerprint density at radius 2 is 1.52 bits per heavy atom. The van der Waals surface area contributed by atoms with Crippen LogP contribution >= 0.6 is 34.8 Å². The highest BCUT2D eigenvalue weighted by Crippen LogP contribution is 2.37. The van der Waals surface area contributed by atoms with E-state index in [0.717, 1.165) is 16.7 Å². The molecule has 0 bridgehead atoms. The number of nitrogens with one attached hydrogen (secondary N) is 1. The highest BCUT2D eigenvalue weighted by molar-refractivity contribution is 6.62. The molecule has 1 saturated heterocycles. The van der Waals surface area contributed by atoms with Gasteiger partial charge in [0.2, 0.25) is 0 Å². The van der Waals surface area contributed by atoms with Gasteiger partial charge in [0.25, 0.3) is 0 Å². The van der Waals surface area contributed by atoms with Crippen LogP contribution in [0.25, 0.3) is 0 Å². The minimum absolute atomic E-state index is 0.0548. The fourth-order valence-corrected chi connectivity index (χ4v) is 3.69. The van der Waals surface area contributed by atoms with Crippen molar-refractivity contribution in [3.8, 4) is 0 Å². The van der Waals surface area contributed by atoms with E-state index >= 15 is 0 Å². The zero-order chi connectivity index (χ0) is 20.0. The Kier molecular flexibility index (Phi) is 5.78. The standard InChI is InChI=1S/C20H23BCl3NO2/c1-12(15-8-7-14(22)11-17(15)24)25-18-10-13(6-9-16(18)23)21-26-19(2,3)20(4,5)27-21/h6-12,25H,1-5H3. The third-order valence-electron chi connectivity index (χ3n) is 5.32. The van der Waals surface area contributed by atoms with Crippen molar-refractivity contribution in [3.05, 3.63) is 57.0 Å². The largest absolute Gasteiger partial charge is 0.494 e. The minimum atomic E-state index is -0.442. The van der Waals surface area contributed by atoms with Crippen LogP contribution in [0.5, 0.6) is 0 Å². The van der Waals surface area contributed by atoms with Crippen LogP contribution in [-0.2, 0) is 9.31 Å². The first-order valence-electron chi connectivity index (χ1n) is 8.87. The molecule has 2 aromatic carbocycles. The SMILES string of the molecule is CC(Nc1cc(B2OC(C)(C)C(C)(C)O2)ccc1Cl)c1ccc(Cl)cc1Cl. The summed E-state index contributed by atoms with van der Waals surface area (Å²) in [6.07, 6.45) is 0. The monoisotopic (exact) mass is 425 g/mol. The van der Waals surface area contributed by atoms with Gasteiger partial charge >= 0.3 is 7.12 Å². The predicted octanol–water partition coefficient (Wildman–Crippen LogP) is 6.12. The molecule has 27 heavy (non-hydrogen) atoms. The molecular formula is C20H23BCl3NO2. The number of benzene rings is 2. The Balaban J connectivity index is 1.84. The summed E-state index contributed by atoms with van der Waals surface area (Å²) in [5, 5.41) is 5.26. The number of halogens is 3. The maximum absolute atomic E-state index is 6.41. The Hall–Kier alpha value is -0.905. The fraction of sp³-hybridized carbons (Fsp3) is 0.400. The van der Waals surface area contributed by atoms with E-state index in [2.05, 4.69) is 5.32 Å². The summed E-state index contributed by atoms with van der Waals surface area (Å²) in [5.41, 5.74) is 1.86. The highest BCUT2D eigenvalue weighted by atomic mass is 35.5. The average Bonchev–Trinajstić information content (AvgIpc) is 2.77. The van der Waals surface area contributed by atoms with Crippen molar-refractivity contribution < 1.29 is 9.31 Å². The molecular weight excluding hydrogens is 403 g/mol. The van der Waals surface area contributed by atoms with Gasteiger partial charge in [-0.2, -0.15) is 0 Å². The van der Waals surface area contributed by atoms with Crippen LogP contribution in [0.15, 0.2) is 36.4 Å². The van der Waals surface area contributed by atoms with E-state index < -0.39 is 18.3 Å². The lowest BCUT2D eigenvalue weighted by molar-refractivity contribution is 0.00578. The van der Waals surface area contributed by atoms with Gasteiger partial charge in [-0.3, -0.25) is 0 Å². The highest BCUT2D eigenvalue weighted by Gasteiger charge is 2.51. The van der Waals surface area contributed by atoms with Gasteiger partial charge in [0, 0.05) is 10.0 Å². The van der Waals surface area contributed by atoms with Gasteiger partial charge in [-0.05, 0) is 69.9 Å². The van der Waals surface area contributed by atoms with E-state index in [1.807, 2.05) is 65.0 Å². The molecule has 0 aliphatic carbocycles. The van der Waals surface area contributed by atoms with Crippen molar-refractivity contribution in [2.45, 2.75) is 51.9 Å². The van der Waals surface area contributed by atoms with Crippen LogP contribution in [0.4, 0.5) is 5.69 Å². The molecule has 144 valence electrons. The van der Waals surface area contributed by atoms with Crippen molar-refractivity contribution in [1.29, 1.82) is 0 Å². The molecule has 1 unspecified atom stereocenters. The summed E-state index contributed by atoms with van der Waals surface area (Å²) in [6, 6.07) is 11.2. The molecule has 2 aromatic rings. The van der Waals surface area contributed by atoms with Gasteiger partial charge in [0.05, 0.1) is 28.0 Å². The van der Waals surface area contributed by atoms with E-state index in [-0.39, 0.29) is 6.04 Å². The summed E-state index contributed by atoms with van der Waals surface area (Å²) in [6.45, 7) is 10.2. The number of hydrogen-bond donors (Lipinski definition) is 1. The Morgan fingerprint density at radius 3 is 2.11 bits per heavy atom. The van der Waals surface area contributed by atoms with Crippen LogP contribution in [0, 0.1) is 0 Å². The van der Waals surface area contributed by atoms with Gasteiger partial charge in [-0.15, -0.1) is 0 Å². The summed E-state index contributed by atoms with van der Waals surface area (Å²) >= 11 is 18.7. The topological polar surface area (TPSA) is 30.5 Å². The molecule has 0 aromatic heterocycles. The smallest absolute Gasteiger partial charge is 0.399 e. The van der Waals surface area contributed by atoms with E-state index in [4.69, 9.17) is 44.1 Å². The van der Waals surface area contributed by atoms with E-state index in [0.29, 0.717) is 15.1 Å². The molecule has 7 heteroatoms. The Labute approximate surface area is 176 Å². The van der Waals surface area contributed by atoms with Gasteiger partial charge < -0.3 is 14.6 Å². The quantitative estimate of drug-likeness (QED) is 0.598. The summed E-state index contributed by atoms with van der Waals surface area (Å²) < 4.78 is 12.3. The molecule has 0 saturated carbocycles. The van der Waals surface area contributed by atoms with Crippen molar-refractivity contribution >= 4 is 53.1 Å². The molecule has 1 fully saturated rings. The molecule has 3 rings (SSSR count). The molecule has 1 heterocycles. The van der Waals surface area contributed by atoms with E-state index in [9.17, 15) is 0 Å². The number of rotatable bonds is 4. The van der Waals surface area contributed by atoms with Crippen LogP contribution in [0.2, 0.25) is 15.1 Å².